The van der Waals surface area contributed by atoms with Crippen LogP contribution in [0.15, 0.2) is 54.6 Å². The van der Waals surface area contributed by atoms with Crippen molar-refractivity contribution in [3.8, 4) is 11.1 Å². The van der Waals surface area contributed by atoms with E-state index in [1.165, 1.54) is 12.0 Å². The zero-order valence-corrected chi connectivity index (χ0v) is 15.9. The van der Waals surface area contributed by atoms with Crippen LogP contribution in [0.3, 0.4) is 0 Å². The smallest absolute Gasteiger partial charge is 0.239 e. The molecule has 1 unspecified atom stereocenters. The van der Waals surface area contributed by atoms with Gasteiger partial charge in [0.1, 0.15) is 0 Å². The summed E-state index contributed by atoms with van der Waals surface area (Å²) in [5, 5.41) is 5.75. The van der Waals surface area contributed by atoms with Crippen molar-refractivity contribution in [1.29, 1.82) is 0 Å². The molecular formula is C23H28N2O2. The van der Waals surface area contributed by atoms with Gasteiger partial charge in [-0.25, -0.2) is 0 Å². The number of carbonyl (C=O) groups is 2. The maximum Gasteiger partial charge on any atom is 0.239 e. The van der Waals surface area contributed by atoms with Gasteiger partial charge in [0.15, 0.2) is 0 Å². The first-order valence-corrected chi connectivity index (χ1v) is 9.86. The molecular weight excluding hydrogens is 336 g/mol. The molecule has 0 radical (unpaired) electrons. The molecule has 4 nitrogen and oxygen atoms in total. The largest absolute Gasteiger partial charge is 0.348 e. The first-order chi connectivity index (χ1) is 13.1. The minimum absolute atomic E-state index is 0.0183. The maximum atomic E-state index is 12.2. The van der Waals surface area contributed by atoms with Crippen molar-refractivity contribution in [2.75, 3.05) is 6.54 Å². The highest BCUT2D eigenvalue weighted by Crippen LogP contribution is 2.24. The van der Waals surface area contributed by atoms with E-state index in [-0.39, 0.29) is 30.3 Å². The lowest BCUT2D eigenvalue weighted by Crippen LogP contribution is -2.40. The molecule has 2 aromatic rings. The molecule has 2 N–H and O–H groups in total. The standard InChI is InChI=1S/C23H28N2O2/c1-17(18-12-14-20(15-13-18)19-8-4-2-5-9-19)25-22(26)16-24-23(27)21-10-6-3-7-11-21/h2,4-5,8-9,12-15,17,21H,3,6-7,10-11,16H2,1H3,(H,24,27)(H,25,26). The van der Waals surface area contributed by atoms with Crippen LogP contribution in [0.4, 0.5) is 0 Å². The molecule has 1 aliphatic carbocycles. The van der Waals surface area contributed by atoms with Crippen molar-refractivity contribution in [1.82, 2.24) is 10.6 Å². The number of hydrogen-bond acceptors (Lipinski definition) is 2. The van der Waals surface area contributed by atoms with Crippen LogP contribution < -0.4 is 10.6 Å². The van der Waals surface area contributed by atoms with E-state index in [2.05, 4.69) is 34.9 Å². The summed E-state index contributed by atoms with van der Waals surface area (Å²) < 4.78 is 0. The van der Waals surface area contributed by atoms with Crippen LogP contribution in [0.2, 0.25) is 0 Å². The highest BCUT2D eigenvalue weighted by atomic mass is 16.2. The van der Waals surface area contributed by atoms with Gasteiger partial charge in [-0.3, -0.25) is 9.59 Å². The average Bonchev–Trinajstić information content (AvgIpc) is 2.73. The van der Waals surface area contributed by atoms with Crippen molar-refractivity contribution < 1.29 is 9.59 Å². The van der Waals surface area contributed by atoms with E-state index >= 15 is 0 Å². The fourth-order valence-electron chi connectivity index (χ4n) is 3.65. The van der Waals surface area contributed by atoms with Gasteiger partial charge in [-0.05, 0) is 36.5 Å². The SMILES string of the molecule is CC(NC(=O)CNC(=O)C1CCCCC1)c1ccc(-c2ccccc2)cc1. The van der Waals surface area contributed by atoms with Gasteiger partial charge in [-0.1, -0.05) is 73.9 Å². The van der Waals surface area contributed by atoms with E-state index < -0.39 is 0 Å². The Morgan fingerprint density at radius 2 is 1.56 bits per heavy atom. The minimum atomic E-state index is -0.154. The van der Waals surface area contributed by atoms with Crippen molar-refractivity contribution in [2.24, 2.45) is 5.92 Å². The normalized spacial score (nSPS) is 15.7. The monoisotopic (exact) mass is 364 g/mol. The van der Waals surface area contributed by atoms with Gasteiger partial charge in [0.25, 0.3) is 0 Å². The molecule has 0 spiro atoms. The summed E-state index contributed by atoms with van der Waals surface area (Å²) in [6.07, 6.45) is 5.32. The molecule has 2 aromatic carbocycles. The zero-order valence-electron chi connectivity index (χ0n) is 15.9. The van der Waals surface area contributed by atoms with Crippen LogP contribution in [0.5, 0.6) is 0 Å². The van der Waals surface area contributed by atoms with Crippen LogP contribution in [0.1, 0.15) is 50.6 Å². The fourth-order valence-corrected chi connectivity index (χ4v) is 3.65. The third kappa shape index (κ3) is 5.43. The summed E-state index contributed by atoms with van der Waals surface area (Å²) in [5.41, 5.74) is 3.37. The van der Waals surface area contributed by atoms with Gasteiger partial charge in [0.05, 0.1) is 12.6 Å². The molecule has 0 bridgehead atoms. The minimum Gasteiger partial charge on any atom is -0.348 e. The van der Waals surface area contributed by atoms with Crippen molar-refractivity contribution in [3.05, 3.63) is 60.2 Å². The molecule has 0 saturated heterocycles. The third-order valence-corrected chi connectivity index (χ3v) is 5.29. The van der Waals surface area contributed by atoms with E-state index in [1.54, 1.807) is 0 Å². The maximum absolute atomic E-state index is 12.2. The van der Waals surface area contributed by atoms with Crippen molar-refractivity contribution in [3.63, 3.8) is 0 Å². The topological polar surface area (TPSA) is 58.2 Å². The Morgan fingerprint density at radius 3 is 2.22 bits per heavy atom. The highest BCUT2D eigenvalue weighted by Gasteiger charge is 2.21. The van der Waals surface area contributed by atoms with E-state index in [9.17, 15) is 9.59 Å². The number of benzene rings is 2. The second-order valence-corrected chi connectivity index (χ2v) is 7.33. The molecule has 1 fully saturated rings. The quantitative estimate of drug-likeness (QED) is 0.806. The van der Waals surface area contributed by atoms with E-state index in [0.717, 1.165) is 36.8 Å². The third-order valence-electron chi connectivity index (χ3n) is 5.29. The molecule has 1 atom stereocenters. The van der Waals surface area contributed by atoms with E-state index in [4.69, 9.17) is 0 Å². The number of rotatable bonds is 6. The summed E-state index contributed by atoms with van der Waals surface area (Å²) in [6.45, 7) is 2.00. The molecule has 4 heteroatoms. The summed E-state index contributed by atoms with van der Waals surface area (Å²) >= 11 is 0. The number of nitrogens with one attached hydrogen (secondary N) is 2. The number of hydrogen-bond donors (Lipinski definition) is 2. The summed E-state index contributed by atoms with van der Waals surface area (Å²) in [6, 6.07) is 18.3. The lowest BCUT2D eigenvalue weighted by molar-refractivity contribution is -0.129. The second-order valence-electron chi connectivity index (χ2n) is 7.33. The lowest BCUT2D eigenvalue weighted by atomic mass is 9.89. The van der Waals surface area contributed by atoms with Gasteiger partial charge >= 0.3 is 0 Å². The van der Waals surface area contributed by atoms with E-state index in [0.29, 0.717) is 0 Å². The van der Waals surface area contributed by atoms with Crippen LogP contribution in [0.25, 0.3) is 11.1 Å². The molecule has 27 heavy (non-hydrogen) atoms. The van der Waals surface area contributed by atoms with Gasteiger partial charge in [0.2, 0.25) is 11.8 Å². The van der Waals surface area contributed by atoms with Crippen molar-refractivity contribution >= 4 is 11.8 Å². The van der Waals surface area contributed by atoms with Gasteiger partial charge in [-0.2, -0.15) is 0 Å². The van der Waals surface area contributed by atoms with Crippen LogP contribution in [-0.2, 0) is 9.59 Å². The predicted molar refractivity (Wildman–Crippen MR) is 108 cm³/mol. The Balaban J connectivity index is 1.48. The molecule has 0 aliphatic heterocycles. The van der Waals surface area contributed by atoms with Gasteiger partial charge < -0.3 is 10.6 Å². The number of amides is 2. The first kappa shape index (κ1) is 19.2. The lowest BCUT2D eigenvalue weighted by Gasteiger charge is -2.21. The Bertz CT molecular complexity index is 750. The van der Waals surface area contributed by atoms with Crippen molar-refractivity contribution in [2.45, 2.75) is 45.1 Å². The van der Waals surface area contributed by atoms with Gasteiger partial charge in [0, 0.05) is 5.92 Å². The summed E-state index contributed by atoms with van der Waals surface area (Å²) in [7, 11) is 0. The van der Waals surface area contributed by atoms with Crippen LogP contribution >= 0.6 is 0 Å². The van der Waals surface area contributed by atoms with Gasteiger partial charge in [-0.15, -0.1) is 0 Å². The average molecular weight is 364 g/mol. The molecule has 142 valence electrons. The Morgan fingerprint density at radius 1 is 0.926 bits per heavy atom. The molecule has 1 saturated carbocycles. The second kappa shape index (κ2) is 9.36. The first-order valence-electron chi connectivity index (χ1n) is 9.86. The predicted octanol–water partition coefficient (Wildman–Crippen LogP) is 4.23. The van der Waals surface area contributed by atoms with E-state index in [1.807, 2.05) is 37.3 Å². The molecule has 3 rings (SSSR count). The van der Waals surface area contributed by atoms with Crippen LogP contribution in [-0.4, -0.2) is 18.4 Å². The molecule has 1 aliphatic rings. The fraction of sp³-hybridized carbons (Fsp3) is 0.391. The Hall–Kier alpha value is -2.62. The summed E-state index contributed by atoms with van der Waals surface area (Å²) in [4.78, 5) is 24.3. The zero-order chi connectivity index (χ0) is 19.1. The Kier molecular flexibility index (Phi) is 6.64. The Labute approximate surface area is 161 Å². The highest BCUT2D eigenvalue weighted by molar-refractivity contribution is 5.86. The molecule has 2 amide bonds. The summed E-state index contributed by atoms with van der Waals surface area (Å²) in [5.74, 6) is -0.0574. The number of carbonyl (C=O) groups excluding carboxylic acids is 2. The molecule has 0 heterocycles. The molecule has 0 aromatic heterocycles. The van der Waals surface area contributed by atoms with Crippen LogP contribution in [0, 0.1) is 5.92 Å².